The van der Waals surface area contributed by atoms with Gasteiger partial charge in [0.15, 0.2) is 0 Å². The lowest BCUT2D eigenvalue weighted by molar-refractivity contribution is -0.151. The second kappa shape index (κ2) is 11.2. The highest BCUT2D eigenvalue weighted by molar-refractivity contribution is 5.69. The van der Waals surface area contributed by atoms with Crippen molar-refractivity contribution >= 4 is 5.97 Å². The van der Waals surface area contributed by atoms with Crippen LogP contribution in [0.5, 0.6) is 5.75 Å². The van der Waals surface area contributed by atoms with Crippen LogP contribution >= 0.6 is 0 Å². The van der Waals surface area contributed by atoms with Gasteiger partial charge in [0.1, 0.15) is 11.9 Å². The maximum atomic E-state index is 12.2. The van der Waals surface area contributed by atoms with Crippen LogP contribution in [0.1, 0.15) is 89.5 Å². The van der Waals surface area contributed by atoms with Gasteiger partial charge in [-0.1, -0.05) is 57.7 Å². The van der Waals surface area contributed by atoms with Crippen molar-refractivity contribution < 1.29 is 14.3 Å². The Morgan fingerprint density at radius 1 is 1.04 bits per heavy atom. The third kappa shape index (κ3) is 6.37. The molecule has 0 unspecified atom stereocenters. The second-order valence-corrected chi connectivity index (χ2v) is 7.12. The third-order valence-electron chi connectivity index (χ3n) is 5.04. The lowest BCUT2D eigenvalue weighted by Gasteiger charge is -2.32. The smallest absolute Gasteiger partial charge is 0.306 e. The van der Waals surface area contributed by atoms with Crippen LogP contribution in [0.3, 0.4) is 0 Å². The summed E-state index contributed by atoms with van der Waals surface area (Å²) in [6.45, 7) is 5.07. The summed E-state index contributed by atoms with van der Waals surface area (Å²) in [5.41, 5.74) is 1.21. The van der Waals surface area contributed by atoms with E-state index in [4.69, 9.17) is 9.47 Å². The molecule has 3 heteroatoms. The molecule has 1 aromatic carbocycles. The van der Waals surface area contributed by atoms with E-state index in [1.807, 2.05) is 6.07 Å². The average Bonchev–Trinajstić information content (AvgIpc) is 2.63. The van der Waals surface area contributed by atoms with E-state index in [0.29, 0.717) is 6.42 Å². The Morgan fingerprint density at radius 3 is 2.60 bits per heavy atom. The van der Waals surface area contributed by atoms with Gasteiger partial charge in [-0.25, -0.2) is 0 Å². The minimum absolute atomic E-state index is 0.00111. The molecule has 140 valence electrons. The molecule has 2 atom stereocenters. The first-order valence-electron chi connectivity index (χ1n) is 10.2. The molecule has 0 amide bonds. The molecular weight excluding hydrogens is 312 g/mol. The number of carbonyl (C=O) groups excluding carboxylic acids is 1. The average molecular weight is 347 g/mol. The van der Waals surface area contributed by atoms with E-state index in [9.17, 15) is 4.79 Å². The van der Waals surface area contributed by atoms with E-state index in [1.54, 1.807) is 0 Å². The standard InChI is InChI=1S/C22H34O3/c1-3-5-7-16-22(23)25-21-15-11-9-13-19(21)18-12-8-10-14-20(18)24-17-6-4-2/h8,10,12,14,19,21H,3-7,9,11,13,15-17H2,1-2H3/t19-,21+/m0/s1. The molecule has 1 aliphatic rings. The largest absolute Gasteiger partial charge is 0.493 e. The van der Waals surface area contributed by atoms with Gasteiger partial charge in [0.05, 0.1) is 6.61 Å². The first-order chi connectivity index (χ1) is 12.3. The zero-order valence-corrected chi connectivity index (χ0v) is 16.0. The van der Waals surface area contributed by atoms with Crippen molar-refractivity contribution in [3.05, 3.63) is 29.8 Å². The van der Waals surface area contributed by atoms with Crippen molar-refractivity contribution in [3.63, 3.8) is 0 Å². The monoisotopic (exact) mass is 346 g/mol. The van der Waals surface area contributed by atoms with Gasteiger partial charge in [-0.2, -0.15) is 0 Å². The van der Waals surface area contributed by atoms with Gasteiger partial charge in [-0.15, -0.1) is 0 Å². The van der Waals surface area contributed by atoms with Gasteiger partial charge in [0, 0.05) is 17.9 Å². The van der Waals surface area contributed by atoms with Crippen molar-refractivity contribution in [2.45, 2.75) is 90.1 Å². The van der Waals surface area contributed by atoms with Crippen molar-refractivity contribution in [2.24, 2.45) is 0 Å². The molecule has 0 heterocycles. The normalized spacial score (nSPS) is 20.2. The Bertz CT molecular complexity index is 512. The first-order valence-corrected chi connectivity index (χ1v) is 10.2. The van der Waals surface area contributed by atoms with Gasteiger partial charge in [-0.05, 0) is 38.2 Å². The number of ether oxygens (including phenoxy) is 2. The van der Waals surface area contributed by atoms with E-state index in [2.05, 4.69) is 32.0 Å². The summed E-state index contributed by atoms with van der Waals surface area (Å²) in [5, 5.41) is 0. The molecule has 2 rings (SSSR count). The number of rotatable bonds is 10. The number of carbonyl (C=O) groups is 1. The number of hydrogen-bond acceptors (Lipinski definition) is 3. The SMILES string of the molecule is CCCCCC(=O)O[C@@H]1CCCC[C@H]1c1ccccc1OCCCC. The van der Waals surface area contributed by atoms with Crippen LogP contribution in [0.15, 0.2) is 24.3 Å². The maximum Gasteiger partial charge on any atom is 0.306 e. The number of hydrogen-bond donors (Lipinski definition) is 0. The Hall–Kier alpha value is -1.51. The zero-order chi connectivity index (χ0) is 17.9. The highest BCUT2D eigenvalue weighted by Gasteiger charge is 2.31. The second-order valence-electron chi connectivity index (χ2n) is 7.12. The number of esters is 1. The van der Waals surface area contributed by atoms with Crippen molar-refractivity contribution in [1.29, 1.82) is 0 Å². The molecule has 0 bridgehead atoms. The van der Waals surface area contributed by atoms with Crippen LogP contribution in [-0.4, -0.2) is 18.7 Å². The maximum absolute atomic E-state index is 12.2. The molecule has 0 aliphatic heterocycles. The highest BCUT2D eigenvalue weighted by atomic mass is 16.5. The summed E-state index contributed by atoms with van der Waals surface area (Å²) in [6, 6.07) is 8.30. The Balaban J connectivity index is 2.03. The third-order valence-corrected chi connectivity index (χ3v) is 5.04. The van der Waals surface area contributed by atoms with E-state index < -0.39 is 0 Å². The van der Waals surface area contributed by atoms with Crippen LogP contribution in [-0.2, 0) is 9.53 Å². The molecule has 0 radical (unpaired) electrons. The predicted molar refractivity (Wildman–Crippen MR) is 102 cm³/mol. The molecule has 1 fully saturated rings. The molecule has 0 spiro atoms. The van der Waals surface area contributed by atoms with Crippen LogP contribution in [0.4, 0.5) is 0 Å². The summed E-state index contributed by atoms with van der Waals surface area (Å²) in [4.78, 5) is 12.2. The fraction of sp³-hybridized carbons (Fsp3) is 0.682. The predicted octanol–water partition coefficient (Wildman–Crippen LogP) is 6.02. The van der Waals surface area contributed by atoms with Gasteiger partial charge in [-0.3, -0.25) is 4.79 Å². The summed E-state index contributed by atoms with van der Waals surface area (Å²) in [7, 11) is 0. The minimum Gasteiger partial charge on any atom is -0.493 e. The molecule has 0 saturated heterocycles. The quantitative estimate of drug-likeness (QED) is 0.384. The molecule has 1 aliphatic carbocycles. The van der Waals surface area contributed by atoms with Crippen LogP contribution in [0, 0.1) is 0 Å². The number of para-hydroxylation sites is 1. The molecule has 25 heavy (non-hydrogen) atoms. The molecule has 1 saturated carbocycles. The van der Waals surface area contributed by atoms with Gasteiger partial charge >= 0.3 is 5.97 Å². The van der Waals surface area contributed by atoms with Gasteiger partial charge in [0.2, 0.25) is 0 Å². The Morgan fingerprint density at radius 2 is 1.80 bits per heavy atom. The Labute approximate surface area is 153 Å². The fourth-order valence-corrected chi connectivity index (χ4v) is 3.59. The van der Waals surface area contributed by atoms with E-state index in [-0.39, 0.29) is 18.0 Å². The summed E-state index contributed by atoms with van der Waals surface area (Å²) >= 11 is 0. The molecule has 0 aromatic heterocycles. The van der Waals surface area contributed by atoms with Gasteiger partial charge < -0.3 is 9.47 Å². The highest BCUT2D eigenvalue weighted by Crippen LogP contribution is 2.39. The van der Waals surface area contributed by atoms with E-state index in [0.717, 1.165) is 63.7 Å². The van der Waals surface area contributed by atoms with Crippen LogP contribution in [0.25, 0.3) is 0 Å². The summed E-state index contributed by atoms with van der Waals surface area (Å²) in [5.74, 6) is 1.20. The van der Waals surface area contributed by atoms with Crippen molar-refractivity contribution in [2.75, 3.05) is 6.61 Å². The molecular formula is C22H34O3. The first kappa shape index (κ1) is 19.8. The number of benzene rings is 1. The van der Waals surface area contributed by atoms with E-state index >= 15 is 0 Å². The topological polar surface area (TPSA) is 35.5 Å². The summed E-state index contributed by atoms with van der Waals surface area (Å²) < 4.78 is 11.9. The zero-order valence-electron chi connectivity index (χ0n) is 16.0. The lowest BCUT2D eigenvalue weighted by Crippen LogP contribution is -2.29. The van der Waals surface area contributed by atoms with Crippen molar-refractivity contribution in [1.82, 2.24) is 0 Å². The Kier molecular flexibility index (Phi) is 8.85. The van der Waals surface area contributed by atoms with Crippen LogP contribution < -0.4 is 4.74 Å². The minimum atomic E-state index is -0.0327. The molecule has 3 nitrogen and oxygen atoms in total. The lowest BCUT2D eigenvalue weighted by atomic mass is 9.81. The molecule has 0 N–H and O–H groups in total. The van der Waals surface area contributed by atoms with Gasteiger partial charge in [0.25, 0.3) is 0 Å². The molecule has 1 aromatic rings. The van der Waals surface area contributed by atoms with E-state index in [1.165, 1.54) is 12.0 Å². The van der Waals surface area contributed by atoms with Crippen molar-refractivity contribution in [3.8, 4) is 5.75 Å². The number of unbranched alkanes of at least 4 members (excludes halogenated alkanes) is 3. The fourth-order valence-electron chi connectivity index (χ4n) is 3.59. The summed E-state index contributed by atoms with van der Waals surface area (Å²) in [6.07, 6.45) is 10.3. The van der Waals surface area contributed by atoms with Crippen LogP contribution in [0.2, 0.25) is 0 Å².